The third-order valence-corrected chi connectivity index (χ3v) is 2.01. The number of primary amides is 1. The molecule has 3 N–H and O–H groups in total. The van der Waals surface area contributed by atoms with Gasteiger partial charge in [-0.15, -0.1) is 0 Å². The van der Waals surface area contributed by atoms with Crippen molar-refractivity contribution in [2.45, 2.75) is 25.4 Å². The molecular weight excluding hydrogens is 144 g/mol. The van der Waals surface area contributed by atoms with Crippen LogP contribution in [-0.4, -0.2) is 24.8 Å². The lowest BCUT2D eigenvalue weighted by Gasteiger charge is -2.32. The standard InChI is InChI=1S/C7H14N2O2/c1-7(11-6(8)10)2-4-9-5-3-7/h9H,2-5H2,1H3,(H2,8,10). The first-order valence-corrected chi connectivity index (χ1v) is 3.82. The van der Waals surface area contributed by atoms with Crippen LogP contribution in [0.5, 0.6) is 0 Å². The predicted molar refractivity (Wildman–Crippen MR) is 41.2 cm³/mol. The lowest BCUT2D eigenvalue weighted by atomic mass is 9.95. The van der Waals surface area contributed by atoms with E-state index in [-0.39, 0.29) is 5.60 Å². The number of carbonyl (C=O) groups is 1. The van der Waals surface area contributed by atoms with Crippen LogP contribution in [-0.2, 0) is 4.74 Å². The summed E-state index contributed by atoms with van der Waals surface area (Å²) in [6.45, 7) is 3.70. The van der Waals surface area contributed by atoms with Crippen molar-refractivity contribution >= 4 is 6.09 Å². The van der Waals surface area contributed by atoms with E-state index in [0.29, 0.717) is 0 Å². The van der Waals surface area contributed by atoms with Crippen molar-refractivity contribution in [3.05, 3.63) is 0 Å². The quantitative estimate of drug-likeness (QED) is 0.574. The van der Waals surface area contributed by atoms with Gasteiger partial charge in [0.1, 0.15) is 5.60 Å². The van der Waals surface area contributed by atoms with Crippen molar-refractivity contribution in [3.63, 3.8) is 0 Å². The second-order valence-corrected chi connectivity index (χ2v) is 3.12. The monoisotopic (exact) mass is 158 g/mol. The zero-order chi connectivity index (χ0) is 8.32. The summed E-state index contributed by atoms with van der Waals surface area (Å²) < 4.78 is 4.98. The smallest absolute Gasteiger partial charge is 0.405 e. The number of amides is 1. The Bertz CT molecular complexity index is 153. The van der Waals surface area contributed by atoms with Gasteiger partial charge < -0.3 is 15.8 Å². The highest BCUT2D eigenvalue weighted by molar-refractivity contribution is 5.65. The van der Waals surface area contributed by atoms with Crippen LogP contribution in [0.2, 0.25) is 0 Å². The first-order chi connectivity index (χ1) is 5.12. The molecule has 0 radical (unpaired) electrons. The summed E-state index contributed by atoms with van der Waals surface area (Å²) in [6, 6.07) is 0. The molecule has 1 heterocycles. The average molecular weight is 158 g/mol. The van der Waals surface area contributed by atoms with Gasteiger partial charge in [-0.05, 0) is 32.9 Å². The minimum atomic E-state index is -0.672. The molecule has 0 spiro atoms. The number of ether oxygens (including phenoxy) is 1. The predicted octanol–water partition coefficient (Wildman–Crippen LogP) is 0.224. The number of hydrogen-bond donors (Lipinski definition) is 2. The van der Waals surface area contributed by atoms with E-state index in [1.165, 1.54) is 0 Å². The Morgan fingerprint density at radius 2 is 2.09 bits per heavy atom. The Morgan fingerprint density at radius 1 is 1.55 bits per heavy atom. The van der Waals surface area contributed by atoms with Gasteiger partial charge >= 0.3 is 6.09 Å². The Balaban J connectivity index is 2.43. The van der Waals surface area contributed by atoms with Crippen molar-refractivity contribution < 1.29 is 9.53 Å². The van der Waals surface area contributed by atoms with Crippen molar-refractivity contribution in [1.82, 2.24) is 5.32 Å². The van der Waals surface area contributed by atoms with Crippen LogP contribution in [0.15, 0.2) is 0 Å². The summed E-state index contributed by atoms with van der Waals surface area (Å²) in [6.07, 6.45) is 1.01. The van der Waals surface area contributed by atoms with Crippen LogP contribution in [0.4, 0.5) is 4.79 Å². The second kappa shape index (κ2) is 3.09. The number of rotatable bonds is 1. The van der Waals surface area contributed by atoms with E-state index < -0.39 is 6.09 Å². The van der Waals surface area contributed by atoms with Crippen molar-refractivity contribution in [2.75, 3.05) is 13.1 Å². The van der Waals surface area contributed by atoms with Gasteiger partial charge in [-0.2, -0.15) is 0 Å². The van der Waals surface area contributed by atoms with E-state index in [2.05, 4.69) is 5.32 Å². The lowest BCUT2D eigenvalue weighted by Crippen LogP contribution is -2.43. The van der Waals surface area contributed by atoms with E-state index in [1.54, 1.807) is 0 Å². The van der Waals surface area contributed by atoms with E-state index >= 15 is 0 Å². The molecule has 11 heavy (non-hydrogen) atoms. The normalized spacial score (nSPS) is 22.6. The topological polar surface area (TPSA) is 64.3 Å². The minimum absolute atomic E-state index is 0.336. The molecule has 1 saturated heterocycles. The highest BCUT2D eigenvalue weighted by atomic mass is 16.6. The van der Waals surface area contributed by atoms with E-state index in [1.807, 2.05) is 6.92 Å². The number of nitrogens with one attached hydrogen (secondary N) is 1. The third kappa shape index (κ3) is 2.38. The Hall–Kier alpha value is -0.770. The molecule has 4 heteroatoms. The molecule has 0 bridgehead atoms. The summed E-state index contributed by atoms with van der Waals surface area (Å²) in [7, 11) is 0. The molecule has 1 aliphatic rings. The van der Waals surface area contributed by atoms with Crippen molar-refractivity contribution in [1.29, 1.82) is 0 Å². The van der Waals surface area contributed by atoms with Gasteiger partial charge in [0.2, 0.25) is 0 Å². The van der Waals surface area contributed by atoms with Crippen LogP contribution in [0.3, 0.4) is 0 Å². The molecule has 4 nitrogen and oxygen atoms in total. The van der Waals surface area contributed by atoms with Gasteiger partial charge in [0, 0.05) is 0 Å². The number of piperidine rings is 1. The molecule has 0 aromatic rings. The molecule has 0 unspecified atom stereocenters. The highest BCUT2D eigenvalue weighted by Crippen LogP contribution is 2.21. The van der Waals surface area contributed by atoms with Gasteiger partial charge in [-0.25, -0.2) is 4.79 Å². The minimum Gasteiger partial charge on any atom is -0.443 e. The van der Waals surface area contributed by atoms with Crippen LogP contribution >= 0.6 is 0 Å². The van der Waals surface area contributed by atoms with Gasteiger partial charge in [-0.3, -0.25) is 0 Å². The molecular formula is C7H14N2O2. The summed E-state index contributed by atoms with van der Waals surface area (Å²) in [5, 5.41) is 3.18. The summed E-state index contributed by atoms with van der Waals surface area (Å²) in [5.74, 6) is 0. The van der Waals surface area contributed by atoms with Crippen LogP contribution in [0.1, 0.15) is 19.8 Å². The molecule has 1 amide bonds. The second-order valence-electron chi connectivity index (χ2n) is 3.12. The van der Waals surface area contributed by atoms with Gasteiger partial charge in [0.15, 0.2) is 0 Å². The summed E-state index contributed by atoms with van der Waals surface area (Å²) in [5.41, 5.74) is 4.59. The fourth-order valence-electron chi connectivity index (χ4n) is 1.30. The molecule has 1 aliphatic heterocycles. The van der Waals surface area contributed by atoms with Crippen LogP contribution < -0.4 is 11.1 Å². The molecule has 1 fully saturated rings. The summed E-state index contributed by atoms with van der Waals surface area (Å²) >= 11 is 0. The van der Waals surface area contributed by atoms with Gasteiger partial charge in [0.05, 0.1) is 0 Å². The van der Waals surface area contributed by atoms with E-state index in [4.69, 9.17) is 10.5 Å². The third-order valence-electron chi connectivity index (χ3n) is 2.01. The van der Waals surface area contributed by atoms with E-state index in [0.717, 1.165) is 25.9 Å². The maximum atomic E-state index is 10.5. The molecule has 64 valence electrons. The number of carbonyl (C=O) groups excluding carboxylic acids is 1. The van der Waals surface area contributed by atoms with Crippen molar-refractivity contribution in [3.8, 4) is 0 Å². The van der Waals surface area contributed by atoms with Crippen molar-refractivity contribution in [2.24, 2.45) is 5.73 Å². The van der Waals surface area contributed by atoms with Crippen LogP contribution in [0, 0.1) is 0 Å². The SMILES string of the molecule is CC1(OC(N)=O)CCNCC1. The first-order valence-electron chi connectivity index (χ1n) is 3.82. The summed E-state index contributed by atoms with van der Waals surface area (Å²) in [4.78, 5) is 10.5. The Labute approximate surface area is 66.1 Å². The van der Waals surface area contributed by atoms with Gasteiger partial charge in [0.25, 0.3) is 0 Å². The Kier molecular flexibility index (Phi) is 2.34. The van der Waals surface area contributed by atoms with Gasteiger partial charge in [-0.1, -0.05) is 0 Å². The molecule has 0 atom stereocenters. The molecule has 0 aromatic carbocycles. The zero-order valence-corrected chi connectivity index (χ0v) is 6.72. The lowest BCUT2D eigenvalue weighted by molar-refractivity contribution is 0.00821. The zero-order valence-electron chi connectivity index (χ0n) is 6.72. The number of hydrogen-bond acceptors (Lipinski definition) is 3. The molecule has 0 aromatic heterocycles. The molecule has 0 aliphatic carbocycles. The average Bonchev–Trinajstić information content (AvgIpc) is 1.85. The highest BCUT2D eigenvalue weighted by Gasteiger charge is 2.29. The fraction of sp³-hybridized carbons (Fsp3) is 0.857. The fourth-order valence-corrected chi connectivity index (χ4v) is 1.30. The Morgan fingerprint density at radius 3 is 2.55 bits per heavy atom. The van der Waals surface area contributed by atoms with Crippen LogP contribution in [0.25, 0.3) is 0 Å². The molecule has 0 saturated carbocycles. The maximum absolute atomic E-state index is 10.5. The number of nitrogens with two attached hydrogens (primary N) is 1. The van der Waals surface area contributed by atoms with E-state index in [9.17, 15) is 4.79 Å². The first kappa shape index (κ1) is 8.33. The maximum Gasteiger partial charge on any atom is 0.405 e. The molecule has 1 rings (SSSR count). The largest absolute Gasteiger partial charge is 0.443 e.